The second kappa shape index (κ2) is 3.72. The molecular weight excluding hydrogens is 208 g/mol. The smallest absolute Gasteiger partial charge is 0.234 e. The molecule has 0 saturated heterocycles. The van der Waals surface area contributed by atoms with Crippen molar-refractivity contribution in [3.63, 3.8) is 0 Å². The number of amides is 1. The predicted octanol–water partition coefficient (Wildman–Crippen LogP) is 1.14. The lowest BCUT2D eigenvalue weighted by Crippen LogP contribution is -2.44. The van der Waals surface area contributed by atoms with E-state index in [4.69, 9.17) is 5.26 Å². The lowest BCUT2D eigenvalue weighted by atomic mass is 10.1. The monoisotopic (exact) mass is 218 g/mol. The molecule has 0 aromatic carbocycles. The summed E-state index contributed by atoms with van der Waals surface area (Å²) in [4.78, 5) is 12.5. The summed E-state index contributed by atoms with van der Waals surface area (Å²) >= 11 is 3.04. The van der Waals surface area contributed by atoms with Crippen LogP contribution in [-0.2, 0) is 4.79 Å². The first-order chi connectivity index (χ1) is 4.95. The third-order valence-corrected chi connectivity index (χ3v) is 2.08. The zero-order valence-corrected chi connectivity index (χ0v) is 8.47. The Morgan fingerprint density at radius 3 is 2.45 bits per heavy atom. The van der Waals surface area contributed by atoms with E-state index >= 15 is 0 Å². The van der Waals surface area contributed by atoms with Crippen LogP contribution in [-0.4, -0.2) is 28.7 Å². The van der Waals surface area contributed by atoms with Gasteiger partial charge < -0.3 is 4.90 Å². The van der Waals surface area contributed by atoms with E-state index in [1.807, 2.05) is 6.07 Å². The molecule has 0 aliphatic heterocycles. The Bertz CT molecular complexity index is 195. The minimum atomic E-state index is -0.717. The summed E-state index contributed by atoms with van der Waals surface area (Å²) in [5, 5.41) is 8.91. The van der Waals surface area contributed by atoms with Crippen LogP contribution in [0.1, 0.15) is 13.8 Å². The Morgan fingerprint density at radius 1 is 1.73 bits per heavy atom. The van der Waals surface area contributed by atoms with Crippen molar-refractivity contribution in [2.24, 2.45) is 0 Å². The van der Waals surface area contributed by atoms with E-state index < -0.39 is 5.54 Å². The van der Waals surface area contributed by atoms with Gasteiger partial charge in [0.25, 0.3) is 0 Å². The molecule has 0 bridgehead atoms. The molecule has 0 atom stereocenters. The van der Waals surface area contributed by atoms with Gasteiger partial charge in [0, 0.05) is 7.05 Å². The number of rotatable bonds is 2. The molecule has 0 saturated carbocycles. The van der Waals surface area contributed by atoms with Crippen LogP contribution in [0.25, 0.3) is 0 Å². The molecule has 0 N–H and O–H groups in total. The van der Waals surface area contributed by atoms with Gasteiger partial charge in [-0.1, -0.05) is 15.9 Å². The topological polar surface area (TPSA) is 44.1 Å². The maximum absolute atomic E-state index is 11.0. The normalized spacial score (nSPS) is 10.5. The third-order valence-electron chi connectivity index (χ3n) is 1.60. The molecule has 0 fully saturated rings. The van der Waals surface area contributed by atoms with Crippen molar-refractivity contribution in [3.8, 4) is 6.07 Å². The molecule has 0 unspecified atom stereocenters. The van der Waals surface area contributed by atoms with Crippen molar-refractivity contribution in [2.45, 2.75) is 19.4 Å². The lowest BCUT2D eigenvalue weighted by molar-refractivity contribution is -0.130. The molecule has 0 aliphatic rings. The quantitative estimate of drug-likeness (QED) is 0.653. The van der Waals surface area contributed by atoms with Gasteiger partial charge in [-0.3, -0.25) is 4.79 Å². The number of carbonyl (C=O) groups excluding carboxylic acids is 1. The molecule has 0 heterocycles. The summed E-state index contributed by atoms with van der Waals surface area (Å²) in [5.41, 5.74) is -0.717. The summed E-state index contributed by atoms with van der Waals surface area (Å²) in [6.45, 7) is 3.40. The molecule has 1 amide bonds. The van der Waals surface area contributed by atoms with E-state index in [2.05, 4.69) is 15.9 Å². The van der Waals surface area contributed by atoms with Crippen molar-refractivity contribution >= 4 is 21.8 Å². The van der Waals surface area contributed by atoms with Crippen LogP contribution >= 0.6 is 15.9 Å². The highest BCUT2D eigenvalue weighted by atomic mass is 79.9. The van der Waals surface area contributed by atoms with Crippen LogP contribution in [0, 0.1) is 11.3 Å². The average Bonchev–Trinajstić information content (AvgIpc) is 2.01. The molecule has 0 aromatic rings. The Hall–Kier alpha value is -0.560. The summed E-state index contributed by atoms with van der Waals surface area (Å²) in [6, 6.07) is 2.04. The summed E-state index contributed by atoms with van der Waals surface area (Å²) in [5.74, 6) is -0.0865. The second-order valence-electron chi connectivity index (χ2n) is 2.76. The Kier molecular flexibility index (Phi) is 3.53. The van der Waals surface area contributed by atoms with Gasteiger partial charge >= 0.3 is 0 Å². The summed E-state index contributed by atoms with van der Waals surface area (Å²) < 4.78 is 0. The van der Waals surface area contributed by atoms with Crippen molar-refractivity contribution < 1.29 is 4.79 Å². The van der Waals surface area contributed by atoms with Gasteiger partial charge in [0.15, 0.2) is 0 Å². The molecule has 0 radical (unpaired) electrons. The van der Waals surface area contributed by atoms with Gasteiger partial charge in [0.1, 0.15) is 5.54 Å². The second-order valence-corrected chi connectivity index (χ2v) is 3.32. The molecule has 4 heteroatoms. The molecule has 62 valence electrons. The molecule has 0 aromatic heterocycles. The van der Waals surface area contributed by atoms with Gasteiger partial charge in [-0.25, -0.2) is 0 Å². The molecule has 0 rings (SSSR count). The van der Waals surface area contributed by atoms with Crippen LogP contribution in [0.15, 0.2) is 0 Å². The highest BCUT2D eigenvalue weighted by Gasteiger charge is 2.25. The highest BCUT2D eigenvalue weighted by molar-refractivity contribution is 9.09. The molecule has 11 heavy (non-hydrogen) atoms. The number of nitriles is 1. The van der Waals surface area contributed by atoms with Crippen LogP contribution in [0.2, 0.25) is 0 Å². The van der Waals surface area contributed by atoms with Gasteiger partial charge in [-0.15, -0.1) is 0 Å². The number of nitrogens with zero attached hydrogens (tertiary/aromatic N) is 2. The third kappa shape index (κ3) is 2.51. The van der Waals surface area contributed by atoms with Gasteiger partial charge in [-0.05, 0) is 13.8 Å². The number of carbonyl (C=O) groups is 1. The fourth-order valence-electron chi connectivity index (χ4n) is 0.476. The number of hydrogen-bond acceptors (Lipinski definition) is 2. The maximum Gasteiger partial charge on any atom is 0.234 e. The van der Waals surface area contributed by atoms with E-state index in [-0.39, 0.29) is 11.2 Å². The summed E-state index contributed by atoms with van der Waals surface area (Å²) in [6.07, 6.45) is 0. The van der Waals surface area contributed by atoms with Gasteiger partial charge in [-0.2, -0.15) is 5.26 Å². The van der Waals surface area contributed by atoms with Crippen LogP contribution in [0.4, 0.5) is 0 Å². The van der Waals surface area contributed by atoms with Crippen molar-refractivity contribution in [3.05, 3.63) is 0 Å². The minimum Gasteiger partial charge on any atom is -0.327 e. The first kappa shape index (κ1) is 10.4. The van der Waals surface area contributed by atoms with E-state index in [9.17, 15) is 4.79 Å². The number of hydrogen-bond donors (Lipinski definition) is 0. The van der Waals surface area contributed by atoms with Crippen LogP contribution < -0.4 is 0 Å². The number of halogens is 1. The Balaban J connectivity index is 4.38. The van der Waals surface area contributed by atoms with Gasteiger partial charge in [0.05, 0.1) is 11.4 Å². The first-order valence-corrected chi connectivity index (χ1v) is 4.31. The number of alkyl halides is 1. The van der Waals surface area contributed by atoms with Crippen molar-refractivity contribution in [2.75, 3.05) is 12.4 Å². The van der Waals surface area contributed by atoms with Crippen LogP contribution in [0.5, 0.6) is 0 Å². The molecule has 3 nitrogen and oxygen atoms in total. The van der Waals surface area contributed by atoms with E-state index in [0.717, 1.165) is 0 Å². The maximum atomic E-state index is 11.0. The Morgan fingerprint density at radius 2 is 2.18 bits per heavy atom. The molecule has 0 spiro atoms. The lowest BCUT2D eigenvalue weighted by Gasteiger charge is -2.28. The zero-order chi connectivity index (χ0) is 9.07. The van der Waals surface area contributed by atoms with Crippen molar-refractivity contribution in [1.29, 1.82) is 5.26 Å². The Labute approximate surface area is 75.1 Å². The van der Waals surface area contributed by atoms with Gasteiger partial charge in [0.2, 0.25) is 5.91 Å². The highest BCUT2D eigenvalue weighted by Crippen LogP contribution is 2.10. The fraction of sp³-hybridized carbons (Fsp3) is 0.714. The fourth-order valence-corrected chi connectivity index (χ4v) is 0.853. The summed E-state index contributed by atoms with van der Waals surface area (Å²) in [7, 11) is 1.62. The molecule has 0 aliphatic carbocycles. The standard InChI is InChI=1S/C7H11BrN2O/c1-7(2,5-9)10(3)6(11)4-8/h4H2,1-3H3. The average molecular weight is 219 g/mol. The van der Waals surface area contributed by atoms with Crippen LogP contribution in [0.3, 0.4) is 0 Å². The van der Waals surface area contributed by atoms with E-state index in [1.165, 1.54) is 4.90 Å². The van der Waals surface area contributed by atoms with E-state index in [0.29, 0.717) is 0 Å². The van der Waals surface area contributed by atoms with Crippen molar-refractivity contribution in [1.82, 2.24) is 4.90 Å². The predicted molar refractivity (Wildman–Crippen MR) is 46.3 cm³/mol. The molecular formula is C7H11BrN2O. The minimum absolute atomic E-state index is 0.0865. The first-order valence-electron chi connectivity index (χ1n) is 3.19. The van der Waals surface area contributed by atoms with E-state index in [1.54, 1.807) is 20.9 Å². The SMILES string of the molecule is CN(C(=O)CBr)C(C)(C)C#N. The largest absolute Gasteiger partial charge is 0.327 e. The zero-order valence-electron chi connectivity index (χ0n) is 6.89.